The summed E-state index contributed by atoms with van der Waals surface area (Å²) in [5, 5.41) is 2.45. The predicted octanol–water partition coefficient (Wildman–Crippen LogP) is 3.30. The molecule has 0 saturated carbocycles. The van der Waals surface area contributed by atoms with Crippen molar-refractivity contribution in [1.82, 2.24) is 4.98 Å². The number of aromatic nitrogens is 1. The van der Waals surface area contributed by atoms with Crippen molar-refractivity contribution in [3.05, 3.63) is 47.2 Å². The Labute approximate surface area is 126 Å². The lowest BCUT2D eigenvalue weighted by molar-refractivity contribution is -0.118. The third-order valence-electron chi connectivity index (χ3n) is 3.04. The molecule has 1 amide bonds. The maximum Gasteiger partial charge on any atom is 0.228 e. The first-order valence-electron chi connectivity index (χ1n) is 6.53. The van der Waals surface area contributed by atoms with Crippen LogP contribution in [-0.2, 0) is 4.79 Å². The van der Waals surface area contributed by atoms with Gasteiger partial charge in [0.15, 0.2) is 10.9 Å². The van der Waals surface area contributed by atoms with Gasteiger partial charge in [-0.25, -0.2) is 9.37 Å². The number of carbonyl (C=O) groups excluding carboxylic acids is 2. The summed E-state index contributed by atoms with van der Waals surface area (Å²) in [5.41, 5.74) is 0.470. The summed E-state index contributed by atoms with van der Waals surface area (Å²) in [6.07, 6.45) is 2.65. The van der Waals surface area contributed by atoms with E-state index in [0.717, 1.165) is 0 Å². The number of carbonyl (C=O) groups is 2. The van der Waals surface area contributed by atoms with Crippen LogP contribution in [0.4, 0.5) is 9.52 Å². The van der Waals surface area contributed by atoms with Gasteiger partial charge in [-0.15, -0.1) is 11.3 Å². The third-order valence-corrected chi connectivity index (χ3v) is 3.89. The van der Waals surface area contributed by atoms with Crippen molar-refractivity contribution < 1.29 is 14.0 Å². The van der Waals surface area contributed by atoms with Crippen molar-refractivity contribution in [3.8, 4) is 0 Å². The first-order chi connectivity index (χ1) is 10.1. The molecule has 1 aromatic heterocycles. The molecule has 2 aromatic rings. The number of ketones is 1. The number of hydrogen-bond donors (Lipinski definition) is 0. The summed E-state index contributed by atoms with van der Waals surface area (Å²) in [7, 11) is 1.67. The fourth-order valence-corrected chi connectivity index (χ4v) is 2.46. The van der Waals surface area contributed by atoms with Crippen molar-refractivity contribution in [2.75, 3.05) is 11.9 Å². The van der Waals surface area contributed by atoms with E-state index in [1.807, 2.05) is 0 Å². The van der Waals surface area contributed by atoms with Gasteiger partial charge in [0.25, 0.3) is 0 Å². The summed E-state index contributed by atoms with van der Waals surface area (Å²) in [5.74, 6) is -0.525. The quantitative estimate of drug-likeness (QED) is 0.769. The standard InChI is InChI=1S/C15H15FN2O2S/c1-18(15-17-9-10-21-15)14(20)4-2-3-13(19)11-5-7-12(16)8-6-11/h5-10H,2-4H2,1H3. The SMILES string of the molecule is CN(C(=O)CCCC(=O)c1ccc(F)cc1)c1nccs1. The Morgan fingerprint density at radius 2 is 1.95 bits per heavy atom. The zero-order chi connectivity index (χ0) is 15.2. The minimum Gasteiger partial charge on any atom is -0.294 e. The number of thiazole rings is 1. The van der Waals surface area contributed by atoms with E-state index in [4.69, 9.17) is 0 Å². The number of nitrogens with zero attached hydrogens (tertiary/aromatic N) is 2. The summed E-state index contributed by atoms with van der Waals surface area (Å²) < 4.78 is 12.8. The first-order valence-corrected chi connectivity index (χ1v) is 7.40. The Hall–Kier alpha value is -2.08. The number of hydrogen-bond acceptors (Lipinski definition) is 4. The molecule has 4 nitrogen and oxygen atoms in total. The molecule has 0 spiro atoms. The molecule has 0 unspecified atom stereocenters. The molecule has 2 rings (SSSR count). The summed E-state index contributed by atoms with van der Waals surface area (Å²) in [6.45, 7) is 0. The van der Waals surface area contributed by atoms with E-state index in [1.165, 1.54) is 40.5 Å². The molecule has 1 aromatic carbocycles. The molecule has 0 aliphatic heterocycles. The molecule has 0 aliphatic carbocycles. The van der Waals surface area contributed by atoms with Gasteiger partial charge in [0, 0.05) is 37.0 Å². The number of anilines is 1. The summed E-state index contributed by atoms with van der Waals surface area (Å²) in [6, 6.07) is 5.44. The Bertz CT molecular complexity index is 611. The number of rotatable bonds is 6. The van der Waals surface area contributed by atoms with Crippen molar-refractivity contribution in [1.29, 1.82) is 0 Å². The van der Waals surface area contributed by atoms with Crippen LogP contribution in [0.5, 0.6) is 0 Å². The Kier molecular flexibility index (Phi) is 5.16. The zero-order valence-corrected chi connectivity index (χ0v) is 12.4. The second kappa shape index (κ2) is 7.08. The van der Waals surface area contributed by atoms with E-state index in [1.54, 1.807) is 18.6 Å². The van der Waals surface area contributed by atoms with Crippen molar-refractivity contribution in [2.45, 2.75) is 19.3 Å². The number of amides is 1. The normalized spacial score (nSPS) is 10.4. The van der Waals surface area contributed by atoms with Gasteiger partial charge < -0.3 is 0 Å². The fraction of sp³-hybridized carbons (Fsp3) is 0.267. The second-order valence-corrected chi connectivity index (χ2v) is 5.42. The predicted molar refractivity (Wildman–Crippen MR) is 80.1 cm³/mol. The van der Waals surface area contributed by atoms with E-state index in [0.29, 0.717) is 17.1 Å². The van der Waals surface area contributed by atoms with Crippen LogP contribution < -0.4 is 4.90 Å². The Morgan fingerprint density at radius 3 is 2.57 bits per heavy atom. The van der Waals surface area contributed by atoms with Crippen LogP contribution in [0.25, 0.3) is 0 Å². The van der Waals surface area contributed by atoms with Gasteiger partial charge in [0.2, 0.25) is 5.91 Å². The van der Waals surface area contributed by atoms with E-state index >= 15 is 0 Å². The molecule has 0 atom stereocenters. The van der Waals surface area contributed by atoms with Crippen molar-refractivity contribution in [2.24, 2.45) is 0 Å². The Morgan fingerprint density at radius 1 is 1.24 bits per heavy atom. The van der Waals surface area contributed by atoms with Gasteiger partial charge in [0.1, 0.15) is 5.82 Å². The van der Waals surface area contributed by atoms with Gasteiger partial charge in [-0.3, -0.25) is 14.5 Å². The van der Waals surface area contributed by atoms with Crippen LogP contribution in [0.2, 0.25) is 0 Å². The van der Waals surface area contributed by atoms with Gasteiger partial charge in [-0.1, -0.05) is 0 Å². The molecule has 110 valence electrons. The highest BCUT2D eigenvalue weighted by atomic mass is 32.1. The van der Waals surface area contributed by atoms with Crippen LogP contribution in [-0.4, -0.2) is 23.7 Å². The smallest absolute Gasteiger partial charge is 0.228 e. The summed E-state index contributed by atoms with van der Waals surface area (Å²) >= 11 is 1.39. The van der Waals surface area contributed by atoms with Crippen molar-refractivity contribution in [3.63, 3.8) is 0 Å². The highest BCUT2D eigenvalue weighted by Crippen LogP contribution is 2.17. The molecule has 1 heterocycles. The lowest BCUT2D eigenvalue weighted by Crippen LogP contribution is -2.25. The van der Waals surface area contributed by atoms with E-state index in [-0.39, 0.29) is 30.3 Å². The van der Waals surface area contributed by atoms with Crippen LogP contribution >= 0.6 is 11.3 Å². The molecule has 6 heteroatoms. The first kappa shape index (κ1) is 15.3. The molecule has 0 fully saturated rings. The van der Waals surface area contributed by atoms with Crippen LogP contribution in [0, 0.1) is 5.82 Å². The third kappa shape index (κ3) is 4.19. The monoisotopic (exact) mass is 306 g/mol. The van der Waals surface area contributed by atoms with Gasteiger partial charge in [-0.05, 0) is 30.7 Å². The lowest BCUT2D eigenvalue weighted by Gasteiger charge is -2.13. The van der Waals surface area contributed by atoms with Crippen molar-refractivity contribution >= 4 is 28.2 Å². The maximum absolute atomic E-state index is 12.8. The molecule has 21 heavy (non-hydrogen) atoms. The largest absolute Gasteiger partial charge is 0.294 e. The molecule has 0 saturated heterocycles. The number of Topliss-reactive ketones (excluding diaryl/α,β-unsaturated/α-hetero) is 1. The molecule has 0 N–H and O–H groups in total. The van der Waals surface area contributed by atoms with E-state index < -0.39 is 0 Å². The second-order valence-electron chi connectivity index (χ2n) is 4.55. The number of benzene rings is 1. The van der Waals surface area contributed by atoms with Crippen LogP contribution in [0.1, 0.15) is 29.6 Å². The highest BCUT2D eigenvalue weighted by Gasteiger charge is 2.14. The summed E-state index contributed by atoms with van der Waals surface area (Å²) in [4.78, 5) is 29.4. The molecule has 0 bridgehead atoms. The molecule has 0 aliphatic rings. The van der Waals surface area contributed by atoms with Gasteiger partial charge in [-0.2, -0.15) is 0 Å². The Balaban J connectivity index is 1.80. The minimum atomic E-state index is -0.369. The average Bonchev–Trinajstić information content (AvgIpc) is 3.01. The number of halogens is 1. The maximum atomic E-state index is 12.8. The zero-order valence-electron chi connectivity index (χ0n) is 11.6. The van der Waals surface area contributed by atoms with E-state index in [2.05, 4.69) is 4.98 Å². The molecule has 0 radical (unpaired) electrons. The van der Waals surface area contributed by atoms with Crippen LogP contribution in [0.3, 0.4) is 0 Å². The fourth-order valence-electron chi connectivity index (χ4n) is 1.84. The molecular weight excluding hydrogens is 291 g/mol. The molecular formula is C15H15FN2O2S. The van der Waals surface area contributed by atoms with Crippen LogP contribution in [0.15, 0.2) is 35.8 Å². The minimum absolute atomic E-state index is 0.0724. The lowest BCUT2D eigenvalue weighted by atomic mass is 10.1. The van der Waals surface area contributed by atoms with Gasteiger partial charge in [0.05, 0.1) is 0 Å². The topological polar surface area (TPSA) is 50.3 Å². The average molecular weight is 306 g/mol. The van der Waals surface area contributed by atoms with E-state index in [9.17, 15) is 14.0 Å². The van der Waals surface area contributed by atoms with Gasteiger partial charge >= 0.3 is 0 Å². The highest BCUT2D eigenvalue weighted by molar-refractivity contribution is 7.13.